The number of hydrogen-bond donors (Lipinski definition) is 3. The van der Waals surface area contributed by atoms with Crippen LogP contribution in [0.15, 0.2) is 64.3 Å². The molecule has 3 N–H and O–H groups in total. The number of nitrogens with zero attached hydrogens (tertiary/aromatic N) is 5. The summed E-state index contributed by atoms with van der Waals surface area (Å²) >= 11 is 3.89. The summed E-state index contributed by atoms with van der Waals surface area (Å²) in [6.45, 7) is 0. The zero-order valence-electron chi connectivity index (χ0n) is 19.8. The Balaban J connectivity index is 1.31. The Kier molecular flexibility index (Phi) is 7.49. The molecule has 0 spiro atoms. The highest BCUT2D eigenvalue weighted by Gasteiger charge is 2.54. The van der Waals surface area contributed by atoms with Gasteiger partial charge in [0.15, 0.2) is 0 Å². The number of thioether (sulfide) groups is 2. The minimum Gasteiger partial charge on any atom is -0.477 e. The number of carbonyl (C=O) groups excluding carboxylic acids is 3. The van der Waals surface area contributed by atoms with Crippen molar-refractivity contribution < 1.29 is 24.3 Å². The molecule has 3 aromatic rings. The summed E-state index contributed by atoms with van der Waals surface area (Å²) < 4.78 is 1.48. The summed E-state index contributed by atoms with van der Waals surface area (Å²) in [5, 5.41) is 28.3. The summed E-state index contributed by atoms with van der Waals surface area (Å²) in [7, 11) is 1.68. The Hall–Kier alpha value is -3.69. The maximum atomic E-state index is 13.4. The Bertz CT molecular complexity index is 1410. The number of benzene rings is 1. The lowest BCUT2D eigenvalue weighted by atomic mass is 10.0. The van der Waals surface area contributed by atoms with Gasteiger partial charge in [0.2, 0.25) is 11.1 Å². The first-order valence-electron chi connectivity index (χ1n) is 11.3. The van der Waals surface area contributed by atoms with E-state index in [1.165, 1.54) is 44.4 Å². The van der Waals surface area contributed by atoms with Crippen molar-refractivity contribution in [1.29, 1.82) is 0 Å². The Morgan fingerprint density at radius 3 is 2.66 bits per heavy atom. The van der Waals surface area contributed by atoms with Crippen LogP contribution in [-0.4, -0.2) is 76.8 Å². The summed E-state index contributed by atoms with van der Waals surface area (Å²) in [6, 6.07) is 10.2. The molecule has 3 amide bonds. The van der Waals surface area contributed by atoms with Gasteiger partial charge in [0.25, 0.3) is 11.8 Å². The van der Waals surface area contributed by atoms with Crippen molar-refractivity contribution in [2.75, 3.05) is 11.5 Å². The van der Waals surface area contributed by atoms with Crippen LogP contribution in [0.25, 0.3) is 0 Å². The van der Waals surface area contributed by atoms with Crippen LogP contribution in [0.5, 0.6) is 0 Å². The number of tetrazole rings is 1. The van der Waals surface area contributed by atoms with Gasteiger partial charge in [0.1, 0.15) is 23.2 Å². The number of carbonyl (C=O) groups is 4. The first-order chi connectivity index (χ1) is 18.3. The van der Waals surface area contributed by atoms with Crippen LogP contribution in [0.2, 0.25) is 0 Å². The highest BCUT2D eigenvalue weighted by atomic mass is 32.2. The fraction of sp³-hybridized carbons (Fsp3) is 0.261. The van der Waals surface area contributed by atoms with Gasteiger partial charge in [-0.25, -0.2) is 9.48 Å². The Labute approximate surface area is 228 Å². The quantitative estimate of drug-likeness (QED) is 0.252. The number of rotatable bonds is 9. The topological polar surface area (TPSA) is 159 Å². The number of fused-ring (bicyclic) bond motifs is 1. The van der Waals surface area contributed by atoms with E-state index in [2.05, 4.69) is 26.2 Å². The molecule has 0 aliphatic carbocycles. The van der Waals surface area contributed by atoms with E-state index in [0.717, 1.165) is 0 Å². The highest BCUT2D eigenvalue weighted by molar-refractivity contribution is 8.01. The van der Waals surface area contributed by atoms with E-state index in [4.69, 9.17) is 0 Å². The fourth-order valence-corrected chi connectivity index (χ4v) is 7.04. The van der Waals surface area contributed by atoms with Gasteiger partial charge in [-0.1, -0.05) is 48.2 Å². The summed E-state index contributed by atoms with van der Waals surface area (Å²) in [5.74, 6) is -2.05. The van der Waals surface area contributed by atoms with Crippen molar-refractivity contribution >= 4 is 58.6 Å². The third-order valence-corrected chi connectivity index (χ3v) is 9.22. The zero-order valence-corrected chi connectivity index (χ0v) is 22.3. The van der Waals surface area contributed by atoms with E-state index in [9.17, 15) is 24.3 Å². The molecule has 5 rings (SSSR count). The SMILES string of the molecule is Cn1nnnc1SCC1=C(C(=O)O)N2C(=O)C(NC(=O)C(NC(=O)c3cccs3)c3ccccc3)[C@H]2SC1. The Morgan fingerprint density at radius 1 is 1.21 bits per heavy atom. The van der Waals surface area contributed by atoms with E-state index in [0.29, 0.717) is 32.7 Å². The molecular weight excluding hydrogens is 550 g/mol. The third kappa shape index (κ3) is 5.04. The van der Waals surface area contributed by atoms with Crippen molar-refractivity contribution in [3.63, 3.8) is 0 Å². The average Bonchev–Trinajstić information content (AvgIpc) is 3.61. The lowest BCUT2D eigenvalue weighted by Crippen LogP contribution is -2.71. The molecule has 2 aliphatic heterocycles. The molecule has 2 unspecified atom stereocenters. The van der Waals surface area contributed by atoms with Crippen LogP contribution in [-0.2, 0) is 21.4 Å². The summed E-state index contributed by atoms with van der Waals surface area (Å²) in [6.07, 6.45) is 0. The minimum atomic E-state index is -1.22. The van der Waals surface area contributed by atoms with Crippen LogP contribution >= 0.6 is 34.9 Å². The molecule has 4 heterocycles. The van der Waals surface area contributed by atoms with Crippen molar-refractivity contribution in [2.24, 2.45) is 7.05 Å². The molecule has 0 saturated carbocycles. The lowest BCUT2D eigenvalue weighted by Gasteiger charge is -2.49. The number of carboxylic acid groups (broad SMARTS) is 1. The van der Waals surface area contributed by atoms with Gasteiger partial charge < -0.3 is 15.7 Å². The van der Waals surface area contributed by atoms with Gasteiger partial charge in [-0.15, -0.1) is 28.2 Å². The van der Waals surface area contributed by atoms with E-state index < -0.39 is 41.1 Å². The van der Waals surface area contributed by atoms with Gasteiger partial charge in [-0.05, 0) is 33.0 Å². The fourth-order valence-electron chi connectivity index (χ4n) is 4.08. The molecule has 2 aromatic heterocycles. The van der Waals surface area contributed by atoms with Crippen molar-refractivity contribution in [3.8, 4) is 0 Å². The molecular formula is C23H21N7O5S3. The second kappa shape index (κ2) is 11.0. The first-order valence-corrected chi connectivity index (χ1v) is 14.2. The van der Waals surface area contributed by atoms with E-state index in [-0.39, 0.29) is 5.70 Å². The molecule has 3 atom stereocenters. The number of aryl methyl sites for hydroxylation is 1. The second-order valence-corrected chi connectivity index (χ2v) is 11.3. The van der Waals surface area contributed by atoms with Gasteiger partial charge in [-0.3, -0.25) is 19.3 Å². The van der Waals surface area contributed by atoms with Gasteiger partial charge >= 0.3 is 5.97 Å². The van der Waals surface area contributed by atoms with Gasteiger partial charge in [0.05, 0.1) is 4.88 Å². The number of aliphatic carboxylic acids is 1. The van der Waals surface area contributed by atoms with E-state index >= 15 is 0 Å². The molecule has 0 radical (unpaired) electrons. The normalized spacial score (nSPS) is 19.4. The van der Waals surface area contributed by atoms with Crippen LogP contribution in [0.4, 0.5) is 0 Å². The smallest absolute Gasteiger partial charge is 0.352 e. The standard InChI is InChI=1S/C23H21N7O5S3/c1-29-23(26-27-28-29)38-11-13-10-37-21-16(20(33)30(21)17(13)22(34)35)25-19(32)15(12-6-3-2-4-7-12)24-18(31)14-8-5-9-36-14/h2-9,15-16,21H,10-11H2,1H3,(H,24,31)(H,25,32)(H,34,35)/t15?,16?,21-/m1/s1. The Morgan fingerprint density at radius 2 is 2.00 bits per heavy atom. The summed E-state index contributed by atoms with van der Waals surface area (Å²) in [4.78, 5) is 53.0. The van der Waals surface area contributed by atoms with Gasteiger partial charge in [-0.2, -0.15) is 0 Å². The predicted molar refractivity (Wildman–Crippen MR) is 140 cm³/mol. The number of amides is 3. The highest BCUT2D eigenvalue weighted by Crippen LogP contribution is 2.41. The molecule has 1 fully saturated rings. The molecule has 2 aliphatic rings. The van der Waals surface area contributed by atoms with E-state index in [1.54, 1.807) is 54.9 Å². The predicted octanol–water partition coefficient (Wildman–Crippen LogP) is 1.27. The van der Waals surface area contributed by atoms with Crippen molar-refractivity contribution in [1.82, 2.24) is 35.7 Å². The monoisotopic (exact) mass is 571 g/mol. The molecule has 196 valence electrons. The number of carboxylic acids is 1. The largest absolute Gasteiger partial charge is 0.477 e. The number of β-lactam (4-membered cyclic amide) rings is 1. The van der Waals surface area contributed by atoms with Crippen LogP contribution in [0.1, 0.15) is 21.3 Å². The maximum Gasteiger partial charge on any atom is 0.352 e. The molecule has 15 heteroatoms. The van der Waals surface area contributed by atoms with Crippen LogP contribution in [0.3, 0.4) is 0 Å². The maximum absolute atomic E-state index is 13.4. The van der Waals surface area contributed by atoms with Crippen LogP contribution < -0.4 is 10.6 Å². The number of hydrogen-bond acceptors (Lipinski definition) is 10. The average molecular weight is 572 g/mol. The molecule has 38 heavy (non-hydrogen) atoms. The molecule has 1 aromatic carbocycles. The second-order valence-electron chi connectivity index (χ2n) is 8.32. The van der Waals surface area contributed by atoms with Gasteiger partial charge in [0, 0.05) is 18.6 Å². The zero-order chi connectivity index (χ0) is 26.8. The molecule has 12 nitrogen and oxygen atoms in total. The first kappa shape index (κ1) is 25.9. The third-order valence-electron chi connectivity index (χ3n) is 5.92. The number of aromatic nitrogens is 4. The minimum absolute atomic E-state index is 0.0857. The van der Waals surface area contributed by atoms with Crippen molar-refractivity contribution in [3.05, 3.63) is 69.6 Å². The van der Waals surface area contributed by atoms with E-state index in [1.807, 2.05) is 0 Å². The number of nitrogens with one attached hydrogen (secondary N) is 2. The number of thiophene rings is 1. The molecule has 1 saturated heterocycles. The van der Waals surface area contributed by atoms with Crippen LogP contribution in [0, 0.1) is 0 Å². The lowest BCUT2D eigenvalue weighted by molar-refractivity contribution is -0.151. The summed E-state index contributed by atoms with van der Waals surface area (Å²) in [5.41, 5.74) is 1.03. The van der Waals surface area contributed by atoms with Crippen molar-refractivity contribution in [2.45, 2.75) is 22.6 Å². The molecule has 0 bridgehead atoms.